The molecule has 0 aliphatic carbocycles. The van der Waals surface area contributed by atoms with Gasteiger partial charge in [-0.05, 0) is 34.1 Å². The molecule has 7 nitrogen and oxygen atoms in total. The zero-order chi connectivity index (χ0) is 18.9. The number of rotatable bonds is 8. The summed E-state index contributed by atoms with van der Waals surface area (Å²) in [5, 5.41) is 52.3. The van der Waals surface area contributed by atoms with Gasteiger partial charge >= 0.3 is 0 Å². The van der Waals surface area contributed by atoms with Crippen molar-refractivity contribution in [1.29, 1.82) is 0 Å². The molecule has 5 unspecified atom stereocenters. The van der Waals surface area contributed by atoms with E-state index in [0.29, 0.717) is 6.42 Å². The first kappa shape index (κ1) is 21.8. The topological polar surface area (TPSA) is 120 Å². The van der Waals surface area contributed by atoms with Crippen molar-refractivity contribution in [3.05, 3.63) is 0 Å². The van der Waals surface area contributed by atoms with E-state index in [9.17, 15) is 25.5 Å². The third-order valence-corrected chi connectivity index (χ3v) is 5.75. The molecule has 0 radical (unpaired) electrons. The molecule has 1 fully saturated rings. The molecule has 1 aliphatic rings. The van der Waals surface area contributed by atoms with Gasteiger partial charge in [0.1, 0.15) is 17.8 Å². The van der Waals surface area contributed by atoms with Crippen LogP contribution >= 0.6 is 0 Å². The van der Waals surface area contributed by atoms with E-state index >= 15 is 0 Å². The van der Waals surface area contributed by atoms with E-state index in [4.69, 9.17) is 9.47 Å². The first-order valence-corrected chi connectivity index (χ1v) is 8.67. The molecule has 7 heteroatoms. The number of ether oxygens (including phenoxy) is 2. The van der Waals surface area contributed by atoms with Gasteiger partial charge in [0, 0.05) is 6.61 Å². The van der Waals surface area contributed by atoms with E-state index in [0.717, 1.165) is 32.6 Å². The van der Waals surface area contributed by atoms with Crippen molar-refractivity contribution in [1.82, 2.24) is 0 Å². The summed E-state index contributed by atoms with van der Waals surface area (Å²) in [5.74, 6) is -4.68. The second-order valence-electron chi connectivity index (χ2n) is 7.47. The summed E-state index contributed by atoms with van der Waals surface area (Å²) >= 11 is 0. The van der Waals surface area contributed by atoms with Crippen LogP contribution in [0.25, 0.3) is 0 Å². The zero-order valence-electron chi connectivity index (χ0n) is 15.5. The minimum Gasteiger partial charge on any atom is -0.391 e. The maximum atomic E-state index is 11.0. The van der Waals surface area contributed by atoms with Gasteiger partial charge in [-0.1, -0.05) is 32.6 Å². The van der Waals surface area contributed by atoms with Crippen LogP contribution in [0, 0.1) is 0 Å². The van der Waals surface area contributed by atoms with E-state index in [1.807, 2.05) is 0 Å². The van der Waals surface area contributed by atoms with Gasteiger partial charge in [0.15, 0.2) is 11.4 Å². The minimum absolute atomic E-state index is 0.209. The van der Waals surface area contributed by atoms with Crippen molar-refractivity contribution in [3.63, 3.8) is 0 Å². The maximum absolute atomic E-state index is 11.0. The zero-order valence-corrected chi connectivity index (χ0v) is 15.5. The highest BCUT2D eigenvalue weighted by molar-refractivity contribution is 5.20. The fourth-order valence-corrected chi connectivity index (χ4v) is 3.24. The molecule has 0 saturated carbocycles. The third-order valence-electron chi connectivity index (χ3n) is 5.75. The Kier molecular flexibility index (Phi) is 6.48. The van der Waals surface area contributed by atoms with Crippen molar-refractivity contribution in [2.75, 3.05) is 13.2 Å². The molecule has 1 heterocycles. The predicted molar refractivity (Wildman–Crippen MR) is 88.1 cm³/mol. The summed E-state index contributed by atoms with van der Waals surface area (Å²) in [6.07, 6.45) is 4.92. The quantitative estimate of drug-likeness (QED) is 0.408. The molecule has 1 aliphatic heterocycles. The fourth-order valence-electron chi connectivity index (χ4n) is 3.24. The lowest BCUT2D eigenvalue weighted by atomic mass is 9.64. The summed E-state index contributed by atoms with van der Waals surface area (Å²) in [5.41, 5.74) is -6.12. The van der Waals surface area contributed by atoms with Crippen LogP contribution in [0.15, 0.2) is 0 Å². The monoisotopic (exact) mass is 350 g/mol. The highest BCUT2D eigenvalue weighted by atomic mass is 16.8. The Hall–Kier alpha value is -0.280. The molecule has 5 N–H and O–H groups in total. The van der Waals surface area contributed by atoms with Gasteiger partial charge in [-0.15, -0.1) is 0 Å². The van der Waals surface area contributed by atoms with Crippen molar-refractivity contribution in [2.24, 2.45) is 0 Å². The summed E-state index contributed by atoms with van der Waals surface area (Å²) in [6.45, 7) is 6.34. The molecule has 1 rings (SSSR count). The van der Waals surface area contributed by atoms with Crippen molar-refractivity contribution in [2.45, 2.75) is 95.1 Å². The van der Waals surface area contributed by atoms with Crippen LogP contribution in [0.3, 0.4) is 0 Å². The highest BCUT2D eigenvalue weighted by Crippen LogP contribution is 2.53. The first-order chi connectivity index (χ1) is 10.8. The lowest BCUT2D eigenvalue weighted by Gasteiger charge is -2.64. The molecule has 24 heavy (non-hydrogen) atoms. The Morgan fingerprint density at radius 3 is 1.88 bits per heavy atom. The Morgan fingerprint density at radius 1 is 0.833 bits per heavy atom. The molecule has 144 valence electrons. The van der Waals surface area contributed by atoms with Gasteiger partial charge in [-0.3, -0.25) is 0 Å². The van der Waals surface area contributed by atoms with Crippen molar-refractivity contribution in [3.8, 4) is 0 Å². The van der Waals surface area contributed by atoms with E-state index in [-0.39, 0.29) is 6.61 Å². The van der Waals surface area contributed by atoms with Crippen LogP contribution in [0.1, 0.15) is 66.7 Å². The van der Waals surface area contributed by atoms with E-state index in [1.54, 1.807) is 0 Å². The summed E-state index contributed by atoms with van der Waals surface area (Å²) in [7, 11) is 0. The van der Waals surface area contributed by atoms with E-state index in [1.165, 1.54) is 20.8 Å². The molecule has 0 aromatic heterocycles. The lowest BCUT2D eigenvalue weighted by Crippen LogP contribution is -2.85. The average molecular weight is 350 g/mol. The van der Waals surface area contributed by atoms with Crippen LogP contribution in [-0.2, 0) is 9.47 Å². The Balaban J connectivity index is 3.02. The van der Waals surface area contributed by atoms with Crippen molar-refractivity contribution < 1.29 is 35.0 Å². The van der Waals surface area contributed by atoms with Gasteiger partial charge in [-0.25, -0.2) is 0 Å². The van der Waals surface area contributed by atoms with Crippen LogP contribution in [-0.4, -0.2) is 67.1 Å². The maximum Gasteiger partial charge on any atom is 0.224 e. The van der Waals surface area contributed by atoms with Gasteiger partial charge in [-0.2, -0.15) is 0 Å². The average Bonchev–Trinajstić information content (AvgIpc) is 2.48. The van der Waals surface area contributed by atoms with E-state index < -0.39 is 35.0 Å². The third kappa shape index (κ3) is 3.23. The number of hydrogen-bond acceptors (Lipinski definition) is 7. The molecule has 0 spiro atoms. The second-order valence-corrected chi connectivity index (χ2v) is 7.47. The van der Waals surface area contributed by atoms with Crippen LogP contribution in [0.5, 0.6) is 0 Å². The molecule has 1 saturated heterocycles. The van der Waals surface area contributed by atoms with Crippen LogP contribution < -0.4 is 0 Å². The van der Waals surface area contributed by atoms with Crippen molar-refractivity contribution >= 4 is 0 Å². The molecule has 0 bridgehead atoms. The fraction of sp³-hybridized carbons (Fsp3) is 1.00. The summed E-state index contributed by atoms with van der Waals surface area (Å²) in [6, 6.07) is 0. The molecule has 5 atom stereocenters. The highest BCUT2D eigenvalue weighted by Gasteiger charge is 2.76. The van der Waals surface area contributed by atoms with E-state index in [2.05, 4.69) is 6.92 Å². The summed E-state index contributed by atoms with van der Waals surface area (Å²) < 4.78 is 10.9. The SMILES string of the molecule is CCCCCCCOC1(C)C(O)(CO)OC(C)(O)C(C)(O)C1(C)O. The lowest BCUT2D eigenvalue weighted by molar-refractivity contribution is -0.498. The number of hydrogen-bond donors (Lipinski definition) is 5. The normalized spacial score (nSPS) is 46.2. The second kappa shape index (κ2) is 7.15. The van der Waals surface area contributed by atoms with Gasteiger partial charge in [0.2, 0.25) is 5.79 Å². The Labute approximate surface area is 144 Å². The molecular weight excluding hydrogens is 316 g/mol. The molecule has 0 aromatic rings. The number of aliphatic hydroxyl groups excluding tert-OH is 1. The molecule has 0 aromatic carbocycles. The first-order valence-electron chi connectivity index (χ1n) is 8.67. The molecular formula is C17H34O7. The van der Waals surface area contributed by atoms with Gasteiger partial charge < -0.3 is 35.0 Å². The number of aliphatic hydroxyl groups is 5. The summed E-state index contributed by atoms with van der Waals surface area (Å²) in [4.78, 5) is 0. The number of unbranched alkanes of at least 4 members (excludes halogenated alkanes) is 4. The Bertz CT molecular complexity index is 421. The Morgan fingerprint density at radius 2 is 1.38 bits per heavy atom. The standard InChI is InChI=1S/C17H34O7/c1-6-7-8-9-10-11-23-15(4)13(2,19)14(3,20)16(5,21)24-17(15,22)12-18/h18-22H,6-12H2,1-5H3. The molecule has 0 amide bonds. The minimum atomic E-state index is -2.38. The largest absolute Gasteiger partial charge is 0.391 e. The predicted octanol–water partition coefficient (Wildman–Crippen LogP) is 0.654. The van der Waals surface area contributed by atoms with Crippen LogP contribution in [0.4, 0.5) is 0 Å². The van der Waals surface area contributed by atoms with Gasteiger partial charge in [0.05, 0.1) is 0 Å². The smallest absolute Gasteiger partial charge is 0.224 e. The van der Waals surface area contributed by atoms with Crippen LogP contribution in [0.2, 0.25) is 0 Å². The van der Waals surface area contributed by atoms with Gasteiger partial charge in [0.25, 0.3) is 0 Å².